The molecule has 2 heteroatoms. The average Bonchev–Trinajstić information content (AvgIpc) is 2.48. The molecular formula is C18H18N2. The van der Waals surface area contributed by atoms with Crippen LogP contribution in [0.3, 0.4) is 0 Å². The van der Waals surface area contributed by atoms with Gasteiger partial charge in [0.15, 0.2) is 0 Å². The van der Waals surface area contributed by atoms with Crippen LogP contribution < -0.4 is 5.73 Å². The summed E-state index contributed by atoms with van der Waals surface area (Å²) in [7, 11) is 0. The van der Waals surface area contributed by atoms with E-state index in [2.05, 4.69) is 41.4 Å². The molecule has 0 bridgehead atoms. The molecule has 2 N–H and O–H groups in total. The number of pyridine rings is 1. The molecule has 0 saturated carbocycles. The van der Waals surface area contributed by atoms with E-state index in [0.29, 0.717) is 0 Å². The number of hydrogen-bond acceptors (Lipinski definition) is 2. The Bertz CT molecular complexity index is 720. The van der Waals surface area contributed by atoms with E-state index in [4.69, 9.17) is 5.73 Å². The lowest BCUT2D eigenvalue weighted by Gasteiger charge is -2.12. The van der Waals surface area contributed by atoms with Crippen molar-refractivity contribution >= 4 is 10.9 Å². The Hall–Kier alpha value is -2.19. The van der Waals surface area contributed by atoms with Gasteiger partial charge in [0.1, 0.15) is 0 Å². The minimum absolute atomic E-state index is 0.0343. The van der Waals surface area contributed by atoms with Crippen molar-refractivity contribution in [2.24, 2.45) is 5.73 Å². The number of hydrogen-bond donors (Lipinski definition) is 1. The number of benzene rings is 2. The molecule has 0 amide bonds. The lowest BCUT2D eigenvalue weighted by Crippen LogP contribution is -2.13. The van der Waals surface area contributed by atoms with E-state index < -0.39 is 0 Å². The zero-order chi connectivity index (χ0) is 13.9. The molecule has 1 unspecified atom stereocenters. The molecule has 3 aromatic rings. The summed E-state index contributed by atoms with van der Waals surface area (Å²) in [5, 5.41) is 1.17. The Kier molecular flexibility index (Phi) is 3.48. The summed E-state index contributed by atoms with van der Waals surface area (Å²) < 4.78 is 0. The number of aromatic nitrogens is 1. The van der Waals surface area contributed by atoms with Gasteiger partial charge in [-0.05, 0) is 42.7 Å². The van der Waals surface area contributed by atoms with Gasteiger partial charge in [-0.25, -0.2) is 0 Å². The molecule has 2 aromatic carbocycles. The number of nitrogens with zero attached hydrogens (tertiary/aromatic N) is 1. The van der Waals surface area contributed by atoms with Crippen molar-refractivity contribution in [1.82, 2.24) is 4.98 Å². The lowest BCUT2D eigenvalue weighted by molar-refractivity contribution is 0.722. The normalized spacial score (nSPS) is 12.5. The monoisotopic (exact) mass is 262 g/mol. The second-order valence-electron chi connectivity index (χ2n) is 5.20. The van der Waals surface area contributed by atoms with Crippen molar-refractivity contribution in [3.8, 4) is 0 Å². The van der Waals surface area contributed by atoms with Gasteiger partial charge in [-0.2, -0.15) is 0 Å². The predicted octanol–water partition coefficient (Wildman–Crippen LogP) is 3.79. The highest BCUT2D eigenvalue weighted by Crippen LogP contribution is 2.20. The highest BCUT2D eigenvalue weighted by atomic mass is 14.7. The van der Waals surface area contributed by atoms with Crippen molar-refractivity contribution < 1.29 is 0 Å². The Balaban J connectivity index is 1.86. The van der Waals surface area contributed by atoms with Crippen molar-refractivity contribution in [3.63, 3.8) is 0 Å². The summed E-state index contributed by atoms with van der Waals surface area (Å²) in [4.78, 5) is 4.52. The molecule has 2 nitrogen and oxygen atoms in total. The van der Waals surface area contributed by atoms with Gasteiger partial charge < -0.3 is 5.73 Å². The third kappa shape index (κ3) is 2.70. The van der Waals surface area contributed by atoms with Crippen LogP contribution in [0.1, 0.15) is 22.9 Å². The summed E-state index contributed by atoms with van der Waals surface area (Å²) in [5.74, 6) is 0. The molecule has 0 spiro atoms. The maximum atomic E-state index is 6.28. The highest BCUT2D eigenvalue weighted by molar-refractivity contribution is 5.79. The Morgan fingerprint density at radius 2 is 1.80 bits per heavy atom. The molecule has 3 rings (SSSR count). The summed E-state index contributed by atoms with van der Waals surface area (Å²) in [6.45, 7) is 2.01. The smallest absolute Gasteiger partial charge is 0.0705 e. The third-order valence-corrected chi connectivity index (χ3v) is 3.58. The minimum atomic E-state index is 0.0343. The maximum Gasteiger partial charge on any atom is 0.0705 e. The molecule has 0 aliphatic heterocycles. The first-order valence-corrected chi connectivity index (χ1v) is 6.89. The van der Waals surface area contributed by atoms with Crippen LogP contribution in [-0.2, 0) is 6.42 Å². The van der Waals surface area contributed by atoms with Gasteiger partial charge in [0, 0.05) is 17.1 Å². The standard InChI is InChI=1S/C18H18N2/c1-13-7-9-16-11-14(8-10-18(16)20-13)12-17(19)15-5-3-2-4-6-15/h2-11,17H,12,19H2,1H3. The topological polar surface area (TPSA) is 38.9 Å². The van der Waals surface area contributed by atoms with Crippen LogP contribution in [0.25, 0.3) is 10.9 Å². The van der Waals surface area contributed by atoms with Crippen molar-refractivity contribution in [2.75, 3.05) is 0 Å². The van der Waals surface area contributed by atoms with Crippen molar-refractivity contribution in [3.05, 3.63) is 77.5 Å². The van der Waals surface area contributed by atoms with E-state index in [1.165, 1.54) is 16.5 Å². The van der Waals surface area contributed by atoms with E-state index in [0.717, 1.165) is 17.6 Å². The van der Waals surface area contributed by atoms with E-state index in [1.54, 1.807) is 0 Å². The molecule has 0 saturated heterocycles. The summed E-state index contributed by atoms with van der Waals surface area (Å²) in [6, 6.07) is 20.8. The first kappa shape index (κ1) is 12.8. The Morgan fingerprint density at radius 3 is 2.60 bits per heavy atom. The fraction of sp³-hybridized carbons (Fsp3) is 0.167. The second-order valence-corrected chi connectivity index (χ2v) is 5.20. The molecule has 1 atom stereocenters. The Labute approximate surface area is 119 Å². The van der Waals surface area contributed by atoms with Crippen LogP contribution in [0, 0.1) is 6.92 Å². The van der Waals surface area contributed by atoms with Gasteiger partial charge in [-0.1, -0.05) is 42.5 Å². The van der Waals surface area contributed by atoms with Gasteiger partial charge in [0.05, 0.1) is 5.52 Å². The molecular weight excluding hydrogens is 244 g/mol. The minimum Gasteiger partial charge on any atom is -0.324 e. The molecule has 1 heterocycles. The number of rotatable bonds is 3. The first-order chi connectivity index (χ1) is 9.72. The molecule has 0 aliphatic carbocycles. The number of nitrogens with two attached hydrogens (primary N) is 1. The largest absolute Gasteiger partial charge is 0.324 e. The van der Waals surface area contributed by atoms with Crippen LogP contribution in [0.4, 0.5) is 0 Å². The van der Waals surface area contributed by atoms with Crippen molar-refractivity contribution in [2.45, 2.75) is 19.4 Å². The van der Waals surface area contributed by atoms with Crippen LogP contribution in [-0.4, -0.2) is 4.98 Å². The van der Waals surface area contributed by atoms with Crippen LogP contribution in [0.15, 0.2) is 60.7 Å². The summed E-state index contributed by atoms with van der Waals surface area (Å²) in [5.41, 5.74) is 10.8. The first-order valence-electron chi connectivity index (χ1n) is 6.89. The number of aryl methyl sites for hydroxylation is 1. The molecule has 0 aliphatic rings. The highest BCUT2D eigenvalue weighted by Gasteiger charge is 2.07. The zero-order valence-electron chi connectivity index (χ0n) is 11.6. The predicted molar refractivity (Wildman–Crippen MR) is 83.6 cm³/mol. The van der Waals surface area contributed by atoms with Gasteiger partial charge >= 0.3 is 0 Å². The van der Waals surface area contributed by atoms with Gasteiger partial charge in [0.25, 0.3) is 0 Å². The molecule has 20 heavy (non-hydrogen) atoms. The maximum absolute atomic E-state index is 6.28. The van der Waals surface area contributed by atoms with Crippen LogP contribution in [0.2, 0.25) is 0 Å². The second kappa shape index (κ2) is 5.43. The number of fused-ring (bicyclic) bond motifs is 1. The third-order valence-electron chi connectivity index (χ3n) is 3.58. The molecule has 0 radical (unpaired) electrons. The molecule has 1 aromatic heterocycles. The lowest BCUT2D eigenvalue weighted by atomic mass is 9.98. The fourth-order valence-corrected chi connectivity index (χ4v) is 2.48. The summed E-state index contributed by atoms with van der Waals surface area (Å²) in [6.07, 6.45) is 0.841. The summed E-state index contributed by atoms with van der Waals surface area (Å²) >= 11 is 0. The van der Waals surface area contributed by atoms with E-state index >= 15 is 0 Å². The van der Waals surface area contributed by atoms with E-state index in [9.17, 15) is 0 Å². The van der Waals surface area contributed by atoms with E-state index in [-0.39, 0.29) is 6.04 Å². The molecule has 100 valence electrons. The van der Waals surface area contributed by atoms with Gasteiger partial charge in [0.2, 0.25) is 0 Å². The SMILES string of the molecule is Cc1ccc2cc(CC(N)c3ccccc3)ccc2n1. The van der Waals surface area contributed by atoms with Crippen LogP contribution in [0.5, 0.6) is 0 Å². The van der Waals surface area contributed by atoms with Gasteiger partial charge in [-0.3, -0.25) is 4.98 Å². The fourth-order valence-electron chi connectivity index (χ4n) is 2.48. The van der Waals surface area contributed by atoms with Gasteiger partial charge in [-0.15, -0.1) is 0 Å². The molecule has 0 fully saturated rings. The van der Waals surface area contributed by atoms with Crippen molar-refractivity contribution in [1.29, 1.82) is 0 Å². The quantitative estimate of drug-likeness (QED) is 0.780. The van der Waals surface area contributed by atoms with E-state index in [1.807, 2.05) is 31.2 Å². The average molecular weight is 262 g/mol. The zero-order valence-corrected chi connectivity index (χ0v) is 11.6. The Morgan fingerprint density at radius 1 is 1.00 bits per heavy atom. The van der Waals surface area contributed by atoms with Crippen LogP contribution >= 0.6 is 0 Å².